The van der Waals surface area contributed by atoms with Crippen LogP contribution in [0.1, 0.15) is 44.1 Å². The zero-order chi connectivity index (χ0) is 14.4. The second-order valence-corrected chi connectivity index (χ2v) is 5.88. The Morgan fingerprint density at radius 1 is 1.25 bits per heavy atom. The molecule has 0 heterocycles. The Labute approximate surface area is 126 Å². The molecule has 1 aliphatic carbocycles. The molecule has 0 bridgehead atoms. The molecule has 3 heteroatoms. The quantitative estimate of drug-likeness (QED) is 0.780. The maximum absolute atomic E-state index is 13.9. The molecule has 110 valence electrons. The molecular weight excluding hydrogens is 273 g/mol. The van der Waals surface area contributed by atoms with Crippen LogP contribution in [0, 0.1) is 5.82 Å². The molecule has 20 heavy (non-hydrogen) atoms. The first-order chi connectivity index (χ1) is 9.72. The van der Waals surface area contributed by atoms with Gasteiger partial charge >= 0.3 is 0 Å². The van der Waals surface area contributed by atoms with E-state index in [0.29, 0.717) is 17.0 Å². The SMILES string of the molecule is CNC(Cc1c(F)cccc1Cl)/C1=C/CCCCCC1. The van der Waals surface area contributed by atoms with E-state index in [4.69, 9.17) is 11.6 Å². The molecule has 2 rings (SSSR count). The Morgan fingerprint density at radius 3 is 2.80 bits per heavy atom. The summed E-state index contributed by atoms with van der Waals surface area (Å²) < 4.78 is 13.9. The first kappa shape index (κ1) is 15.5. The first-order valence-corrected chi connectivity index (χ1v) is 7.89. The molecule has 1 aromatic carbocycles. The van der Waals surface area contributed by atoms with Crippen LogP contribution in [0.25, 0.3) is 0 Å². The highest BCUT2D eigenvalue weighted by Crippen LogP contribution is 2.25. The van der Waals surface area contributed by atoms with Crippen LogP contribution in [0.4, 0.5) is 4.39 Å². The van der Waals surface area contributed by atoms with Gasteiger partial charge in [0, 0.05) is 16.6 Å². The zero-order valence-electron chi connectivity index (χ0n) is 12.1. The monoisotopic (exact) mass is 295 g/mol. The fourth-order valence-electron chi connectivity index (χ4n) is 2.88. The average molecular weight is 296 g/mol. The molecule has 0 fully saturated rings. The number of halogens is 2. The minimum absolute atomic E-state index is 0.183. The summed E-state index contributed by atoms with van der Waals surface area (Å²) in [5.74, 6) is -0.204. The molecule has 1 nitrogen and oxygen atoms in total. The van der Waals surface area contributed by atoms with Gasteiger partial charge in [-0.25, -0.2) is 4.39 Å². The third kappa shape index (κ3) is 4.07. The second-order valence-electron chi connectivity index (χ2n) is 5.48. The molecule has 0 aromatic heterocycles. The highest BCUT2D eigenvalue weighted by atomic mass is 35.5. The molecule has 0 saturated carbocycles. The van der Waals surface area contributed by atoms with Crippen molar-refractivity contribution < 1.29 is 4.39 Å². The van der Waals surface area contributed by atoms with Gasteiger partial charge in [0.2, 0.25) is 0 Å². The summed E-state index contributed by atoms with van der Waals surface area (Å²) in [5, 5.41) is 3.85. The minimum atomic E-state index is -0.204. The Balaban J connectivity index is 2.15. The summed E-state index contributed by atoms with van der Waals surface area (Å²) in [6.07, 6.45) is 10.3. The molecule has 1 aromatic rings. The lowest BCUT2D eigenvalue weighted by molar-refractivity contribution is 0.541. The van der Waals surface area contributed by atoms with Gasteiger partial charge in [-0.15, -0.1) is 0 Å². The van der Waals surface area contributed by atoms with Gasteiger partial charge in [0.1, 0.15) is 5.82 Å². The molecule has 0 spiro atoms. The molecule has 1 aliphatic rings. The number of allylic oxidation sites excluding steroid dienone is 1. The van der Waals surface area contributed by atoms with Gasteiger partial charge in [0.05, 0.1) is 0 Å². The van der Waals surface area contributed by atoms with Crippen LogP contribution in [-0.2, 0) is 6.42 Å². The van der Waals surface area contributed by atoms with E-state index in [1.165, 1.54) is 37.3 Å². The maximum Gasteiger partial charge on any atom is 0.127 e. The molecule has 0 radical (unpaired) electrons. The average Bonchev–Trinajstić information content (AvgIpc) is 2.39. The Bertz CT molecular complexity index is 450. The predicted octanol–water partition coefficient (Wildman–Crippen LogP) is 4.89. The van der Waals surface area contributed by atoms with E-state index in [-0.39, 0.29) is 11.9 Å². The van der Waals surface area contributed by atoms with E-state index in [9.17, 15) is 4.39 Å². The lowest BCUT2D eigenvalue weighted by atomic mass is 9.91. The third-order valence-corrected chi connectivity index (χ3v) is 4.45. The summed E-state index contributed by atoms with van der Waals surface area (Å²) in [4.78, 5) is 0. The van der Waals surface area contributed by atoms with E-state index in [1.54, 1.807) is 12.1 Å². The smallest absolute Gasteiger partial charge is 0.127 e. The van der Waals surface area contributed by atoms with Crippen LogP contribution in [-0.4, -0.2) is 13.1 Å². The maximum atomic E-state index is 13.9. The first-order valence-electron chi connectivity index (χ1n) is 7.51. The Kier molecular flexibility index (Phi) is 6.06. The highest BCUT2D eigenvalue weighted by Gasteiger charge is 2.17. The Morgan fingerprint density at radius 2 is 2.05 bits per heavy atom. The van der Waals surface area contributed by atoms with E-state index in [0.717, 1.165) is 12.8 Å². The standard InChI is InChI=1S/C17H23ClFN/c1-20-17(13-8-5-3-2-4-6-9-13)12-14-15(18)10-7-11-16(14)19/h7-8,10-11,17,20H,2-6,9,12H2,1H3/b13-8+. The van der Waals surface area contributed by atoms with Gasteiger partial charge in [0.25, 0.3) is 0 Å². The topological polar surface area (TPSA) is 12.0 Å². The van der Waals surface area contributed by atoms with Crippen LogP contribution >= 0.6 is 11.6 Å². The summed E-state index contributed by atoms with van der Waals surface area (Å²) >= 11 is 6.14. The van der Waals surface area contributed by atoms with Crippen LogP contribution in [0.2, 0.25) is 5.02 Å². The molecular formula is C17H23ClFN. The second kappa shape index (κ2) is 7.80. The van der Waals surface area contributed by atoms with Crippen LogP contribution in [0.3, 0.4) is 0 Å². The number of nitrogens with one attached hydrogen (secondary N) is 1. The summed E-state index contributed by atoms with van der Waals surface area (Å²) in [5.41, 5.74) is 2.03. The fraction of sp³-hybridized carbons (Fsp3) is 0.529. The number of benzene rings is 1. The minimum Gasteiger partial charge on any atom is -0.313 e. The van der Waals surface area contributed by atoms with E-state index < -0.39 is 0 Å². The molecule has 1 unspecified atom stereocenters. The lowest BCUT2D eigenvalue weighted by Crippen LogP contribution is -2.30. The zero-order valence-corrected chi connectivity index (χ0v) is 12.8. The summed E-state index contributed by atoms with van der Waals surface area (Å²) in [6, 6.07) is 5.09. The van der Waals surface area contributed by atoms with Crippen molar-refractivity contribution in [2.24, 2.45) is 0 Å². The highest BCUT2D eigenvalue weighted by molar-refractivity contribution is 6.31. The lowest BCUT2D eigenvalue weighted by Gasteiger charge is -2.22. The van der Waals surface area contributed by atoms with Crippen molar-refractivity contribution in [1.29, 1.82) is 0 Å². The van der Waals surface area contributed by atoms with Crippen molar-refractivity contribution in [2.45, 2.75) is 51.0 Å². The van der Waals surface area contributed by atoms with E-state index >= 15 is 0 Å². The molecule has 0 amide bonds. The van der Waals surface area contributed by atoms with Crippen LogP contribution in [0.15, 0.2) is 29.8 Å². The van der Waals surface area contributed by atoms with Gasteiger partial charge in [-0.05, 0) is 51.3 Å². The van der Waals surface area contributed by atoms with Gasteiger partial charge in [0.15, 0.2) is 0 Å². The van der Waals surface area contributed by atoms with Crippen molar-refractivity contribution >= 4 is 11.6 Å². The third-order valence-electron chi connectivity index (χ3n) is 4.09. The molecule has 1 atom stereocenters. The van der Waals surface area contributed by atoms with Crippen molar-refractivity contribution in [2.75, 3.05) is 7.05 Å². The van der Waals surface area contributed by atoms with Gasteiger partial charge in [-0.3, -0.25) is 0 Å². The van der Waals surface area contributed by atoms with Crippen LogP contribution in [0.5, 0.6) is 0 Å². The predicted molar refractivity (Wildman–Crippen MR) is 83.7 cm³/mol. The largest absolute Gasteiger partial charge is 0.313 e. The van der Waals surface area contributed by atoms with Crippen molar-refractivity contribution in [3.8, 4) is 0 Å². The number of hydrogen-bond donors (Lipinski definition) is 1. The van der Waals surface area contributed by atoms with E-state index in [2.05, 4.69) is 11.4 Å². The number of hydrogen-bond acceptors (Lipinski definition) is 1. The Hall–Kier alpha value is -0.860. The van der Waals surface area contributed by atoms with Gasteiger partial charge < -0.3 is 5.32 Å². The number of likely N-dealkylation sites (N-methyl/N-ethyl adjacent to an activating group) is 1. The summed E-state index contributed by atoms with van der Waals surface area (Å²) in [6.45, 7) is 0. The fourth-order valence-corrected chi connectivity index (χ4v) is 3.12. The van der Waals surface area contributed by atoms with E-state index in [1.807, 2.05) is 7.05 Å². The van der Waals surface area contributed by atoms with Crippen molar-refractivity contribution in [1.82, 2.24) is 5.32 Å². The van der Waals surface area contributed by atoms with Crippen molar-refractivity contribution in [3.05, 3.63) is 46.3 Å². The molecule has 0 aliphatic heterocycles. The van der Waals surface area contributed by atoms with Gasteiger partial charge in [-0.2, -0.15) is 0 Å². The summed E-state index contributed by atoms with van der Waals surface area (Å²) in [7, 11) is 1.94. The number of rotatable bonds is 4. The molecule has 0 saturated heterocycles. The normalized spacial score (nSPS) is 20.6. The van der Waals surface area contributed by atoms with Crippen LogP contribution < -0.4 is 5.32 Å². The molecule has 1 N–H and O–H groups in total. The van der Waals surface area contributed by atoms with Gasteiger partial charge in [-0.1, -0.05) is 42.2 Å². The van der Waals surface area contributed by atoms with Crippen molar-refractivity contribution in [3.63, 3.8) is 0 Å².